The largest absolute Gasteiger partial charge is 0.493 e. The van der Waals surface area contributed by atoms with Crippen LogP contribution in [-0.2, 0) is 0 Å². The van der Waals surface area contributed by atoms with E-state index in [-0.39, 0.29) is 0 Å². The summed E-state index contributed by atoms with van der Waals surface area (Å²) in [6.45, 7) is 7.48. The van der Waals surface area contributed by atoms with Crippen molar-refractivity contribution in [1.29, 1.82) is 0 Å². The molecule has 16 heavy (non-hydrogen) atoms. The summed E-state index contributed by atoms with van der Waals surface area (Å²) in [7, 11) is 0. The van der Waals surface area contributed by atoms with Crippen molar-refractivity contribution in [3.8, 4) is 5.75 Å². The van der Waals surface area contributed by atoms with E-state index in [1.807, 2.05) is 6.07 Å². The summed E-state index contributed by atoms with van der Waals surface area (Å²) in [5, 5.41) is 3.54. The number of hydrogen-bond donors (Lipinski definition) is 1. The van der Waals surface area contributed by atoms with Gasteiger partial charge in [-0.3, -0.25) is 0 Å². The van der Waals surface area contributed by atoms with E-state index >= 15 is 0 Å². The first kappa shape index (κ1) is 11.5. The van der Waals surface area contributed by atoms with E-state index in [0.717, 1.165) is 31.4 Å². The van der Waals surface area contributed by atoms with Gasteiger partial charge in [0.15, 0.2) is 0 Å². The number of nitrogens with one attached hydrogen (secondary N) is 1. The molecule has 0 aromatic heterocycles. The summed E-state index contributed by atoms with van der Waals surface area (Å²) in [5.41, 5.74) is 1.36. The van der Waals surface area contributed by atoms with Crippen LogP contribution in [0.3, 0.4) is 0 Å². The number of rotatable bonds is 5. The van der Waals surface area contributed by atoms with Gasteiger partial charge in [0.2, 0.25) is 0 Å². The van der Waals surface area contributed by atoms with Crippen molar-refractivity contribution in [3.63, 3.8) is 0 Å². The number of fused-ring (bicyclic) bond motifs is 1. The summed E-state index contributed by atoms with van der Waals surface area (Å²) in [5.74, 6) is 2.36. The lowest BCUT2D eigenvalue weighted by Gasteiger charge is -2.13. The van der Waals surface area contributed by atoms with Gasteiger partial charge in [-0.2, -0.15) is 0 Å². The van der Waals surface area contributed by atoms with Crippen molar-refractivity contribution >= 4 is 0 Å². The second kappa shape index (κ2) is 5.35. The number of hydrogen-bond acceptors (Lipinski definition) is 2. The van der Waals surface area contributed by atoms with Gasteiger partial charge in [0, 0.05) is 18.0 Å². The van der Waals surface area contributed by atoms with Crippen molar-refractivity contribution in [2.75, 3.05) is 19.7 Å². The van der Waals surface area contributed by atoms with Crippen LogP contribution in [0.2, 0.25) is 0 Å². The van der Waals surface area contributed by atoms with E-state index in [9.17, 15) is 0 Å². The van der Waals surface area contributed by atoms with Gasteiger partial charge in [0.05, 0.1) is 6.61 Å². The molecule has 1 heterocycles. The zero-order valence-corrected chi connectivity index (χ0v) is 10.2. The summed E-state index contributed by atoms with van der Waals surface area (Å²) < 4.78 is 5.65. The second-order valence-electron chi connectivity index (χ2n) is 4.72. The Morgan fingerprint density at radius 1 is 1.44 bits per heavy atom. The van der Waals surface area contributed by atoms with Crippen molar-refractivity contribution < 1.29 is 4.74 Å². The van der Waals surface area contributed by atoms with Crippen molar-refractivity contribution in [3.05, 3.63) is 29.8 Å². The smallest absolute Gasteiger partial charge is 0.122 e. The van der Waals surface area contributed by atoms with E-state index in [1.165, 1.54) is 12.0 Å². The van der Waals surface area contributed by atoms with E-state index < -0.39 is 0 Å². The zero-order chi connectivity index (χ0) is 11.4. The molecule has 0 aliphatic carbocycles. The van der Waals surface area contributed by atoms with Crippen LogP contribution in [0.25, 0.3) is 0 Å². The molecule has 2 heteroatoms. The Bertz CT molecular complexity index is 337. The van der Waals surface area contributed by atoms with Gasteiger partial charge < -0.3 is 10.1 Å². The quantitative estimate of drug-likeness (QED) is 0.822. The Labute approximate surface area is 98.0 Å². The predicted octanol–water partition coefficient (Wildman–Crippen LogP) is 2.80. The molecular formula is C14H21NO. The van der Waals surface area contributed by atoms with Gasteiger partial charge in [-0.1, -0.05) is 38.5 Å². The maximum absolute atomic E-state index is 5.65. The van der Waals surface area contributed by atoms with Gasteiger partial charge in [-0.25, -0.2) is 0 Å². The molecule has 0 spiro atoms. The molecule has 0 saturated heterocycles. The van der Waals surface area contributed by atoms with Crippen LogP contribution in [0.15, 0.2) is 24.3 Å². The van der Waals surface area contributed by atoms with E-state index in [1.54, 1.807) is 0 Å². The van der Waals surface area contributed by atoms with Crippen molar-refractivity contribution in [2.24, 2.45) is 5.92 Å². The van der Waals surface area contributed by atoms with Gasteiger partial charge >= 0.3 is 0 Å². The molecule has 2 nitrogen and oxygen atoms in total. The van der Waals surface area contributed by atoms with Gasteiger partial charge in [-0.05, 0) is 18.5 Å². The monoisotopic (exact) mass is 219 g/mol. The predicted molar refractivity (Wildman–Crippen MR) is 67.0 cm³/mol. The van der Waals surface area contributed by atoms with Gasteiger partial charge in [-0.15, -0.1) is 0 Å². The minimum atomic E-state index is 0.528. The highest BCUT2D eigenvalue weighted by molar-refractivity contribution is 5.39. The van der Waals surface area contributed by atoms with E-state index in [4.69, 9.17) is 4.74 Å². The van der Waals surface area contributed by atoms with Gasteiger partial charge in [0.1, 0.15) is 5.75 Å². The summed E-state index contributed by atoms with van der Waals surface area (Å²) in [6, 6.07) is 8.37. The molecule has 0 saturated carbocycles. The minimum absolute atomic E-state index is 0.528. The molecule has 2 rings (SSSR count). The molecule has 0 radical (unpaired) electrons. The summed E-state index contributed by atoms with van der Waals surface area (Å²) in [6.07, 6.45) is 1.24. The molecule has 0 amide bonds. The minimum Gasteiger partial charge on any atom is -0.493 e. The number of ether oxygens (including phenoxy) is 1. The SMILES string of the molecule is CCC(C)CNCC1COc2ccccc21. The first-order valence-corrected chi connectivity index (χ1v) is 6.23. The fourth-order valence-electron chi connectivity index (χ4n) is 2.05. The van der Waals surface area contributed by atoms with Gasteiger partial charge in [0.25, 0.3) is 0 Å². The van der Waals surface area contributed by atoms with Crippen LogP contribution in [0, 0.1) is 5.92 Å². The lowest BCUT2D eigenvalue weighted by atomic mass is 10.0. The Kier molecular flexibility index (Phi) is 3.83. The maximum Gasteiger partial charge on any atom is 0.122 e. The number of benzene rings is 1. The standard InChI is InChI=1S/C14H21NO/c1-3-11(2)8-15-9-12-10-16-14-7-5-4-6-13(12)14/h4-7,11-12,15H,3,8-10H2,1-2H3. The number of para-hydroxylation sites is 1. The highest BCUT2D eigenvalue weighted by Gasteiger charge is 2.22. The lowest BCUT2D eigenvalue weighted by Crippen LogP contribution is -2.26. The highest BCUT2D eigenvalue weighted by Crippen LogP contribution is 2.32. The second-order valence-corrected chi connectivity index (χ2v) is 4.72. The molecule has 2 unspecified atom stereocenters. The fourth-order valence-corrected chi connectivity index (χ4v) is 2.05. The van der Waals surface area contributed by atoms with Crippen LogP contribution in [0.5, 0.6) is 5.75 Å². The van der Waals surface area contributed by atoms with E-state index in [0.29, 0.717) is 5.92 Å². The Morgan fingerprint density at radius 2 is 2.25 bits per heavy atom. The van der Waals surface area contributed by atoms with E-state index in [2.05, 4.69) is 37.4 Å². The Morgan fingerprint density at radius 3 is 3.06 bits per heavy atom. The third-order valence-corrected chi connectivity index (χ3v) is 3.38. The molecular weight excluding hydrogens is 198 g/mol. The van der Waals surface area contributed by atoms with Crippen LogP contribution >= 0.6 is 0 Å². The summed E-state index contributed by atoms with van der Waals surface area (Å²) >= 11 is 0. The van der Waals surface area contributed by atoms with Crippen LogP contribution < -0.4 is 10.1 Å². The molecule has 0 fully saturated rings. The molecule has 2 atom stereocenters. The first-order chi connectivity index (χ1) is 7.81. The molecule has 1 N–H and O–H groups in total. The first-order valence-electron chi connectivity index (χ1n) is 6.23. The highest BCUT2D eigenvalue weighted by atomic mass is 16.5. The topological polar surface area (TPSA) is 21.3 Å². The molecule has 1 aliphatic heterocycles. The Hall–Kier alpha value is -1.02. The zero-order valence-electron chi connectivity index (χ0n) is 10.2. The lowest BCUT2D eigenvalue weighted by molar-refractivity contribution is 0.324. The van der Waals surface area contributed by atoms with Crippen molar-refractivity contribution in [1.82, 2.24) is 5.32 Å². The molecule has 1 aliphatic rings. The molecule has 88 valence electrons. The molecule has 1 aromatic carbocycles. The third kappa shape index (κ3) is 2.56. The summed E-state index contributed by atoms with van der Waals surface area (Å²) in [4.78, 5) is 0. The molecule has 0 bridgehead atoms. The normalized spacial score (nSPS) is 20.2. The van der Waals surface area contributed by atoms with Crippen LogP contribution in [0.4, 0.5) is 0 Å². The third-order valence-electron chi connectivity index (χ3n) is 3.38. The van der Waals surface area contributed by atoms with Crippen LogP contribution in [-0.4, -0.2) is 19.7 Å². The fraction of sp³-hybridized carbons (Fsp3) is 0.571. The Balaban J connectivity index is 1.84. The maximum atomic E-state index is 5.65. The average Bonchev–Trinajstić information content (AvgIpc) is 2.73. The van der Waals surface area contributed by atoms with Crippen LogP contribution in [0.1, 0.15) is 31.7 Å². The molecule has 1 aromatic rings. The average molecular weight is 219 g/mol. The van der Waals surface area contributed by atoms with Crippen molar-refractivity contribution in [2.45, 2.75) is 26.2 Å².